The molecule has 1 amide bonds. The lowest BCUT2D eigenvalue weighted by Gasteiger charge is -2.11. The van der Waals surface area contributed by atoms with Gasteiger partial charge in [0.2, 0.25) is 0 Å². The summed E-state index contributed by atoms with van der Waals surface area (Å²) in [6.45, 7) is 3.94. The zero-order valence-corrected chi connectivity index (χ0v) is 8.12. The lowest BCUT2D eigenvalue weighted by Crippen LogP contribution is -2.40. The molecule has 0 aromatic heterocycles. The maximum absolute atomic E-state index is 11.0. The van der Waals surface area contributed by atoms with Gasteiger partial charge in [-0.25, -0.2) is 4.79 Å². The van der Waals surface area contributed by atoms with Crippen molar-refractivity contribution in [3.8, 4) is 0 Å². The van der Waals surface area contributed by atoms with Gasteiger partial charge >= 0.3 is 11.9 Å². The number of carbonyl (C=O) groups excluding carboxylic acids is 2. The normalized spacial score (nSPS) is 11.9. The molecule has 13 heavy (non-hydrogen) atoms. The van der Waals surface area contributed by atoms with Gasteiger partial charge in [0.25, 0.3) is 0 Å². The zero-order valence-electron chi connectivity index (χ0n) is 8.12. The van der Waals surface area contributed by atoms with Crippen LogP contribution in [0.2, 0.25) is 0 Å². The van der Waals surface area contributed by atoms with E-state index in [9.17, 15) is 9.59 Å². The van der Waals surface area contributed by atoms with Crippen LogP contribution in [0.5, 0.6) is 0 Å². The average Bonchev–Trinajstić information content (AvgIpc) is 2.05. The van der Waals surface area contributed by atoms with E-state index in [2.05, 4.69) is 10.1 Å². The minimum Gasteiger partial charge on any atom is -0.459 e. The van der Waals surface area contributed by atoms with Gasteiger partial charge in [-0.3, -0.25) is 4.79 Å². The standard InChI is InChI=1S/C8H15NO4/c1-4-13-8(11)7(10)9-6(2)5-12-3/h6H,4-5H2,1-3H3,(H,9,10)/t6-/m0/s1. The van der Waals surface area contributed by atoms with Crippen LogP contribution in [0.1, 0.15) is 13.8 Å². The fraction of sp³-hybridized carbons (Fsp3) is 0.750. The Morgan fingerprint density at radius 1 is 1.46 bits per heavy atom. The number of methoxy groups -OCH3 is 1. The number of esters is 1. The summed E-state index contributed by atoms with van der Waals surface area (Å²) in [6.07, 6.45) is 0. The van der Waals surface area contributed by atoms with Crippen molar-refractivity contribution in [1.29, 1.82) is 0 Å². The third-order valence-corrected chi connectivity index (χ3v) is 1.25. The maximum atomic E-state index is 11.0. The molecule has 0 radical (unpaired) electrons. The van der Waals surface area contributed by atoms with Crippen LogP contribution in [-0.2, 0) is 19.1 Å². The molecule has 0 aliphatic carbocycles. The average molecular weight is 189 g/mol. The molecule has 0 aromatic carbocycles. The van der Waals surface area contributed by atoms with Gasteiger partial charge in [-0.15, -0.1) is 0 Å². The van der Waals surface area contributed by atoms with Crippen LogP contribution in [0.25, 0.3) is 0 Å². The van der Waals surface area contributed by atoms with E-state index in [0.717, 1.165) is 0 Å². The molecular weight excluding hydrogens is 174 g/mol. The van der Waals surface area contributed by atoms with E-state index in [1.807, 2.05) is 0 Å². The predicted molar refractivity (Wildman–Crippen MR) is 46.1 cm³/mol. The second-order valence-corrected chi connectivity index (χ2v) is 2.55. The molecular formula is C8H15NO4. The first-order chi connectivity index (χ1) is 6.11. The summed E-state index contributed by atoms with van der Waals surface area (Å²) in [5, 5.41) is 2.43. The molecule has 76 valence electrons. The molecule has 0 aliphatic heterocycles. The van der Waals surface area contributed by atoms with Crippen LogP contribution in [0.4, 0.5) is 0 Å². The van der Waals surface area contributed by atoms with Gasteiger partial charge in [0, 0.05) is 13.2 Å². The van der Waals surface area contributed by atoms with Crippen molar-refractivity contribution in [2.75, 3.05) is 20.3 Å². The topological polar surface area (TPSA) is 64.6 Å². The second-order valence-electron chi connectivity index (χ2n) is 2.55. The molecule has 0 bridgehead atoms. The van der Waals surface area contributed by atoms with Gasteiger partial charge in [-0.2, -0.15) is 0 Å². The van der Waals surface area contributed by atoms with E-state index >= 15 is 0 Å². The van der Waals surface area contributed by atoms with E-state index < -0.39 is 11.9 Å². The van der Waals surface area contributed by atoms with Gasteiger partial charge in [0.15, 0.2) is 0 Å². The number of rotatable bonds is 4. The van der Waals surface area contributed by atoms with Crippen molar-refractivity contribution >= 4 is 11.9 Å². The molecule has 1 N–H and O–H groups in total. The van der Waals surface area contributed by atoms with Crippen LogP contribution in [0.15, 0.2) is 0 Å². The third kappa shape index (κ3) is 5.19. The largest absolute Gasteiger partial charge is 0.459 e. The summed E-state index contributed by atoms with van der Waals surface area (Å²) in [4.78, 5) is 21.8. The Hall–Kier alpha value is -1.10. The molecule has 0 saturated carbocycles. The summed E-state index contributed by atoms with van der Waals surface area (Å²) >= 11 is 0. The van der Waals surface area contributed by atoms with Crippen LogP contribution < -0.4 is 5.32 Å². The molecule has 0 unspecified atom stereocenters. The van der Waals surface area contributed by atoms with E-state index in [-0.39, 0.29) is 12.6 Å². The minimum absolute atomic E-state index is 0.193. The van der Waals surface area contributed by atoms with Gasteiger partial charge < -0.3 is 14.8 Å². The van der Waals surface area contributed by atoms with Gasteiger partial charge in [-0.05, 0) is 13.8 Å². The van der Waals surface area contributed by atoms with E-state index in [0.29, 0.717) is 6.61 Å². The van der Waals surface area contributed by atoms with Crippen molar-refractivity contribution < 1.29 is 19.1 Å². The SMILES string of the molecule is CCOC(=O)C(=O)N[C@@H](C)COC. The Kier molecular flexibility index (Phi) is 5.88. The number of hydrogen-bond donors (Lipinski definition) is 1. The smallest absolute Gasteiger partial charge is 0.396 e. The van der Waals surface area contributed by atoms with Crippen LogP contribution >= 0.6 is 0 Å². The van der Waals surface area contributed by atoms with Crippen molar-refractivity contribution in [2.24, 2.45) is 0 Å². The quantitative estimate of drug-likeness (QED) is 0.487. The number of amides is 1. The van der Waals surface area contributed by atoms with Crippen LogP contribution in [-0.4, -0.2) is 38.2 Å². The Morgan fingerprint density at radius 3 is 2.54 bits per heavy atom. The summed E-state index contributed by atoms with van der Waals surface area (Å²) in [7, 11) is 1.52. The first-order valence-electron chi connectivity index (χ1n) is 4.08. The highest BCUT2D eigenvalue weighted by atomic mass is 16.5. The molecule has 0 fully saturated rings. The maximum Gasteiger partial charge on any atom is 0.396 e. The van der Waals surface area contributed by atoms with Gasteiger partial charge in [-0.1, -0.05) is 0 Å². The molecule has 0 saturated heterocycles. The number of carbonyl (C=O) groups is 2. The number of nitrogens with one attached hydrogen (secondary N) is 1. The fourth-order valence-corrected chi connectivity index (χ4v) is 0.771. The highest BCUT2D eigenvalue weighted by molar-refractivity contribution is 6.32. The molecule has 5 heteroatoms. The molecule has 0 spiro atoms. The Morgan fingerprint density at radius 2 is 2.08 bits per heavy atom. The summed E-state index contributed by atoms with van der Waals surface area (Å²) in [5.41, 5.74) is 0. The lowest BCUT2D eigenvalue weighted by molar-refractivity contribution is -0.154. The molecule has 0 rings (SSSR count). The predicted octanol–water partition coefficient (Wildman–Crippen LogP) is -0.299. The highest BCUT2D eigenvalue weighted by Crippen LogP contribution is 1.84. The van der Waals surface area contributed by atoms with Crippen molar-refractivity contribution in [3.63, 3.8) is 0 Å². The van der Waals surface area contributed by atoms with Gasteiger partial charge in [0.1, 0.15) is 0 Å². The fourth-order valence-electron chi connectivity index (χ4n) is 0.771. The van der Waals surface area contributed by atoms with E-state index in [1.54, 1.807) is 13.8 Å². The number of ether oxygens (including phenoxy) is 2. The molecule has 0 aromatic rings. The molecule has 1 atom stereocenters. The van der Waals surface area contributed by atoms with Crippen molar-refractivity contribution in [2.45, 2.75) is 19.9 Å². The van der Waals surface area contributed by atoms with E-state index in [4.69, 9.17) is 4.74 Å². The van der Waals surface area contributed by atoms with Crippen LogP contribution in [0, 0.1) is 0 Å². The monoisotopic (exact) mass is 189 g/mol. The third-order valence-electron chi connectivity index (χ3n) is 1.25. The Bertz CT molecular complexity index is 181. The molecule has 5 nitrogen and oxygen atoms in total. The lowest BCUT2D eigenvalue weighted by atomic mass is 10.3. The van der Waals surface area contributed by atoms with Crippen molar-refractivity contribution in [1.82, 2.24) is 5.32 Å². The van der Waals surface area contributed by atoms with E-state index in [1.165, 1.54) is 7.11 Å². The highest BCUT2D eigenvalue weighted by Gasteiger charge is 2.16. The first-order valence-corrected chi connectivity index (χ1v) is 4.08. The Balaban J connectivity index is 3.78. The minimum atomic E-state index is -0.856. The number of hydrogen-bond acceptors (Lipinski definition) is 4. The summed E-state index contributed by atoms with van der Waals surface area (Å²) < 4.78 is 9.27. The zero-order chi connectivity index (χ0) is 10.3. The molecule has 0 aliphatic rings. The first kappa shape index (κ1) is 11.9. The Labute approximate surface area is 77.4 Å². The summed E-state index contributed by atoms with van der Waals surface area (Å²) in [5.74, 6) is -1.59. The second kappa shape index (κ2) is 6.42. The van der Waals surface area contributed by atoms with Gasteiger partial charge in [0.05, 0.1) is 13.2 Å². The van der Waals surface area contributed by atoms with Crippen molar-refractivity contribution in [3.05, 3.63) is 0 Å². The summed E-state index contributed by atoms with van der Waals surface area (Å²) in [6, 6.07) is -0.193. The molecule has 0 heterocycles. The van der Waals surface area contributed by atoms with Crippen LogP contribution in [0.3, 0.4) is 0 Å².